The molecule has 0 aliphatic heterocycles. The Morgan fingerprint density at radius 1 is 1.08 bits per heavy atom. The van der Waals surface area contributed by atoms with Gasteiger partial charge in [-0.25, -0.2) is 0 Å². The maximum atomic E-state index is 12.0. The fourth-order valence-corrected chi connectivity index (χ4v) is 3.26. The number of ether oxygens (including phenoxy) is 1. The van der Waals surface area contributed by atoms with Crippen LogP contribution in [0.1, 0.15) is 44.1 Å². The second kappa shape index (κ2) is 11.4. The lowest BCUT2D eigenvalue weighted by Gasteiger charge is -2.20. The molecule has 6 heteroatoms. The van der Waals surface area contributed by atoms with Crippen LogP contribution in [0.25, 0.3) is 0 Å². The van der Waals surface area contributed by atoms with E-state index in [-0.39, 0.29) is 5.91 Å². The van der Waals surface area contributed by atoms with E-state index in [1.807, 2.05) is 24.3 Å². The molecule has 1 amide bonds. The van der Waals surface area contributed by atoms with Crippen LogP contribution in [0.5, 0.6) is 5.75 Å². The lowest BCUT2D eigenvalue weighted by atomic mass is 9.87. The molecule has 0 saturated heterocycles. The van der Waals surface area contributed by atoms with Gasteiger partial charge in [0.2, 0.25) is 5.91 Å². The molecular formula is C20H32N4O2. The minimum Gasteiger partial charge on any atom is -0.497 e. The first-order valence-electron chi connectivity index (χ1n) is 9.55. The molecule has 1 aliphatic carbocycles. The summed E-state index contributed by atoms with van der Waals surface area (Å²) in [7, 11) is 3.40. The summed E-state index contributed by atoms with van der Waals surface area (Å²) in [6, 6.07) is 7.92. The maximum Gasteiger partial charge on any atom is 0.220 e. The zero-order valence-corrected chi connectivity index (χ0v) is 16.0. The van der Waals surface area contributed by atoms with Gasteiger partial charge in [-0.2, -0.15) is 0 Å². The predicted molar refractivity (Wildman–Crippen MR) is 105 cm³/mol. The normalized spacial score (nSPS) is 15.4. The molecule has 26 heavy (non-hydrogen) atoms. The summed E-state index contributed by atoms with van der Waals surface area (Å²) in [5.74, 6) is 2.32. The van der Waals surface area contributed by atoms with Crippen molar-refractivity contribution >= 4 is 11.9 Å². The van der Waals surface area contributed by atoms with Gasteiger partial charge in [-0.3, -0.25) is 9.79 Å². The zero-order valence-electron chi connectivity index (χ0n) is 16.0. The van der Waals surface area contributed by atoms with E-state index in [2.05, 4.69) is 20.9 Å². The first-order chi connectivity index (χ1) is 12.7. The summed E-state index contributed by atoms with van der Waals surface area (Å²) in [5, 5.41) is 9.48. The predicted octanol–water partition coefficient (Wildman–Crippen LogP) is 2.45. The second-order valence-corrected chi connectivity index (χ2v) is 6.76. The third-order valence-electron chi connectivity index (χ3n) is 4.78. The quantitative estimate of drug-likeness (QED) is 0.378. The standard InChI is InChI=1S/C20H32N4O2/c1-21-20(24-15-17-8-10-18(26-2)11-9-17)23-13-12-22-19(25)14-16-6-4-3-5-7-16/h8-11,16H,3-7,12-15H2,1-2H3,(H,22,25)(H2,21,23,24). The van der Waals surface area contributed by atoms with Crippen LogP contribution in [0.4, 0.5) is 0 Å². The Balaban J connectivity index is 1.59. The molecule has 3 N–H and O–H groups in total. The molecule has 1 aromatic carbocycles. The van der Waals surface area contributed by atoms with Gasteiger partial charge in [-0.1, -0.05) is 31.4 Å². The molecule has 1 aromatic rings. The number of hydrogen-bond donors (Lipinski definition) is 3. The van der Waals surface area contributed by atoms with Crippen LogP contribution in [0.15, 0.2) is 29.3 Å². The van der Waals surface area contributed by atoms with Crippen molar-refractivity contribution in [1.29, 1.82) is 0 Å². The number of benzene rings is 1. The van der Waals surface area contributed by atoms with E-state index < -0.39 is 0 Å². The highest BCUT2D eigenvalue weighted by atomic mass is 16.5. The second-order valence-electron chi connectivity index (χ2n) is 6.76. The van der Waals surface area contributed by atoms with Gasteiger partial charge in [-0.05, 0) is 36.5 Å². The number of methoxy groups -OCH3 is 1. The minimum absolute atomic E-state index is 0.167. The van der Waals surface area contributed by atoms with Crippen molar-refractivity contribution in [3.05, 3.63) is 29.8 Å². The van der Waals surface area contributed by atoms with E-state index in [1.165, 1.54) is 32.1 Å². The third-order valence-corrected chi connectivity index (χ3v) is 4.78. The first kappa shape index (κ1) is 20.1. The zero-order chi connectivity index (χ0) is 18.6. The molecule has 0 heterocycles. The molecule has 0 radical (unpaired) electrons. The highest BCUT2D eigenvalue weighted by Gasteiger charge is 2.16. The Morgan fingerprint density at radius 2 is 1.77 bits per heavy atom. The van der Waals surface area contributed by atoms with Crippen LogP contribution >= 0.6 is 0 Å². The number of nitrogens with zero attached hydrogens (tertiary/aromatic N) is 1. The number of guanidine groups is 1. The van der Waals surface area contributed by atoms with Crippen molar-refractivity contribution < 1.29 is 9.53 Å². The lowest BCUT2D eigenvalue weighted by molar-refractivity contribution is -0.122. The van der Waals surface area contributed by atoms with Crippen molar-refractivity contribution in [2.75, 3.05) is 27.2 Å². The van der Waals surface area contributed by atoms with Crippen molar-refractivity contribution in [2.45, 2.75) is 45.1 Å². The van der Waals surface area contributed by atoms with Crippen LogP contribution < -0.4 is 20.7 Å². The van der Waals surface area contributed by atoms with Crippen LogP contribution in [0, 0.1) is 5.92 Å². The third kappa shape index (κ3) is 7.33. The molecule has 0 spiro atoms. The smallest absolute Gasteiger partial charge is 0.220 e. The highest BCUT2D eigenvalue weighted by molar-refractivity contribution is 5.80. The molecule has 1 saturated carbocycles. The summed E-state index contributed by atoms with van der Waals surface area (Å²) in [5.41, 5.74) is 1.15. The van der Waals surface area contributed by atoms with Gasteiger partial charge in [0, 0.05) is 33.1 Å². The van der Waals surface area contributed by atoms with E-state index in [4.69, 9.17) is 4.74 Å². The average Bonchev–Trinajstić information content (AvgIpc) is 2.68. The average molecular weight is 361 g/mol. The van der Waals surface area contributed by atoms with Gasteiger partial charge in [0.1, 0.15) is 5.75 Å². The van der Waals surface area contributed by atoms with E-state index in [0.717, 1.165) is 17.3 Å². The molecular weight excluding hydrogens is 328 g/mol. The number of rotatable bonds is 8. The maximum absolute atomic E-state index is 12.0. The van der Waals surface area contributed by atoms with Gasteiger partial charge in [0.05, 0.1) is 7.11 Å². The van der Waals surface area contributed by atoms with Crippen LogP contribution in [-0.2, 0) is 11.3 Å². The Morgan fingerprint density at radius 3 is 2.42 bits per heavy atom. The van der Waals surface area contributed by atoms with Crippen LogP contribution in [-0.4, -0.2) is 39.1 Å². The van der Waals surface area contributed by atoms with Crippen LogP contribution in [0.2, 0.25) is 0 Å². The van der Waals surface area contributed by atoms with Gasteiger partial charge in [0.25, 0.3) is 0 Å². The van der Waals surface area contributed by atoms with E-state index in [0.29, 0.717) is 32.0 Å². The van der Waals surface area contributed by atoms with Gasteiger partial charge in [0.15, 0.2) is 5.96 Å². The van der Waals surface area contributed by atoms with E-state index in [9.17, 15) is 4.79 Å². The van der Waals surface area contributed by atoms with Crippen molar-refractivity contribution in [2.24, 2.45) is 10.9 Å². The number of carbonyl (C=O) groups excluding carboxylic acids is 1. The topological polar surface area (TPSA) is 74.8 Å². The molecule has 6 nitrogen and oxygen atoms in total. The molecule has 0 bridgehead atoms. The molecule has 0 aromatic heterocycles. The van der Waals surface area contributed by atoms with Gasteiger partial charge in [-0.15, -0.1) is 0 Å². The highest BCUT2D eigenvalue weighted by Crippen LogP contribution is 2.25. The van der Waals surface area contributed by atoms with Gasteiger partial charge < -0.3 is 20.7 Å². The van der Waals surface area contributed by atoms with Crippen LogP contribution in [0.3, 0.4) is 0 Å². The largest absolute Gasteiger partial charge is 0.497 e. The molecule has 0 atom stereocenters. The molecule has 144 valence electrons. The minimum atomic E-state index is 0.167. The molecule has 1 fully saturated rings. The summed E-state index contributed by atoms with van der Waals surface area (Å²) in [4.78, 5) is 16.2. The lowest BCUT2D eigenvalue weighted by Crippen LogP contribution is -2.41. The van der Waals surface area contributed by atoms with E-state index in [1.54, 1.807) is 14.2 Å². The number of aliphatic imine (C=N–C) groups is 1. The fourth-order valence-electron chi connectivity index (χ4n) is 3.26. The molecule has 2 rings (SSSR count). The van der Waals surface area contributed by atoms with Crippen molar-refractivity contribution in [1.82, 2.24) is 16.0 Å². The van der Waals surface area contributed by atoms with Gasteiger partial charge >= 0.3 is 0 Å². The number of carbonyl (C=O) groups is 1. The monoisotopic (exact) mass is 360 g/mol. The van der Waals surface area contributed by atoms with Crippen molar-refractivity contribution in [3.8, 4) is 5.75 Å². The van der Waals surface area contributed by atoms with Crippen molar-refractivity contribution in [3.63, 3.8) is 0 Å². The number of amides is 1. The molecule has 0 unspecified atom stereocenters. The first-order valence-corrected chi connectivity index (χ1v) is 9.55. The summed E-state index contributed by atoms with van der Waals surface area (Å²) in [6.45, 7) is 1.94. The molecule has 1 aliphatic rings. The SMILES string of the molecule is CN=C(NCCNC(=O)CC1CCCCC1)NCc1ccc(OC)cc1. The summed E-state index contributed by atoms with van der Waals surface area (Å²) < 4.78 is 5.16. The van der Waals surface area contributed by atoms with E-state index >= 15 is 0 Å². The Labute approximate surface area is 156 Å². The Bertz CT molecular complexity index is 566. The Hall–Kier alpha value is -2.24. The fraction of sp³-hybridized carbons (Fsp3) is 0.600. The summed E-state index contributed by atoms with van der Waals surface area (Å²) in [6.07, 6.45) is 6.95. The summed E-state index contributed by atoms with van der Waals surface area (Å²) >= 11 is 0. The Kier molecular flexibility index (Phi) is 8.79. The number of nitrogens with one attached hydrogen (secondary N) is 3. The number of hydrogen-bond acceptors (Lipinski definition) is 3.